The molecule has 1 aliphatic carbocycles. The molecule has 1 heterocycles. The summed E-state index contributed by atoms with van der Waals surface area (Å²) in [5.74, 6) is 1.93. The van der Waals surface area contributed by atoms with Crippen LogP contribution in [0.15, 0.2) is 24.3 Å². The van der Waals surface area contributed by atoms with Gasteiger partial charge in [0.2, 0.25) is 5.91 Å². The minimum atomic E-state index is -0.236. The SMILES string of the molecule is C#CCNC(=O)CCNC(=O)c1nn(-c2ccccc2C)c2c1CCC2. The Balaban J connectivity index is 1.74. The number of amides is 2. The van der Waals surface area contributed by atoms with E-state index in [1.54, 1.807) is 0 Å². The molecule has 0 saturated heterocycles. The highest BCUT2D eigenvalue weighted by Gasteiger charge is 2.27. The van der Waals surface area contributed by atoms with Crippen LogP contribution in [0, 0.1) is 19.3 Å². The molecule has 0 fully saturated rings. The van der Waals surface area contributed by atoms with Crippen molar-refractivity contribution in [2.75, 3.05) is 13.1 Å². The second-order valence-electron chi connectivity index (χ2n) is 6.31. The van der Waals surface area contributed by atoms with Gasteiger partial charge in [-0.15, -0.1) is 6.42 Å². The molecule has 134 valence electrons. The van der Waals surface area contributed by atoms with Gasteiger partial charge in [0, 0.05) is 24.2 Å². The van der Waals surface area contributed by atoms with Crippen LogP contribution in [0.3, 0.4) is 0 Å². The smallest absolute Gasteiger partial charge is 0.272 e. The van der Waals surface area contributed by atoms with Crippen molar-refractivity contribution in [1.82, 2.24) is 20.4 Å². The van der Waals surface area contributed by atoms with Crippen LogP contribution in [0.4, 0.5) is 0 Å². The molecular weight excluding hydrogens is 328 g/mol. The van der Waals surface area contributed by atoms with Gasteiger partial charge in [0.25, 0.3) is 5.91 Å². The van der Waals surface area contributed by atoms with Crippen LogP contribution in [0.1, 0.15) is 40.2 Å². The zero-order chi connectivity index (χ0) is 18.5. The Morgan fingerprint density at radius 2 is 2.08 bits per heavy atom. The van der Waals surface area contributed by atoms with Crippen LogP contribution in [-0.4, -0.2) is 34.7 Å². The highest BCUT2D eigenvalue weighted by molar-refractivity contribution is 5.94. The van der Waals surface area contributed by atoms with E-state index in [1.165, 1.54) is 0 Å². The van der Waals surface area contributed by atoms with Gasteiger partial charge >= 0.3 is 0 Å². The Morgan fingerprint density at radius 1 is 1.27 bits per heavy atom. The van der Waals surface area contributed by atoms with E-state index in [-0.39, 0.29) is 31.3 Å². The molecule has 2 aromatic rings. The topological polar surface area (TPSA) is 76.0 Å². The van der Waals surface area contributed by atoms with Crippen molar-refractivity contribution in [2.24, 2.45) is 0 Å². The number of nitrogens with zero attached hydrogens (tertiary/aromatic N) is 2. The molecule has 0 unspecified atom stereocenters. The Labute approximate surface area is 153 Å². The summed E-state index contributed by atoms with van der Waals surface area (Å²) in [5, 5.41) is 9.95. The number of fused-ring (bicyclic) bond motifs is 1. The molecule has 1 aromatic carbocycles. The fourth-order valence-corrected chi connectivity index (χ4v) is 3.23. The zero-order valence-electron chi connectivity index (χ0n) is 14.8. The van der Waals surface area contributed by atoms with E-state index in [0.29, 0.717) is 5.69 Å². The standard InChI is InChI=1S/C20H22N4O2/c1-3-12-21-18(25)11-13-22-20(26)19-15-8-6-10-17(15)24(23-19)16-9-5-4-7-14(16)2/h1,4-5,7,9H,6,8,10-13H2,2H3,(H,21,25)(H,22,26). The lowest BCUT2D eigenvalue weighted by molar-refractivity contribution is -0.120. The van der Waals surface area contributed by atoms with Crippen LogP contribution < -0.4 is 10.6 Å². The molecule has 3 rings (SSSR count). The van der Waals surface area contributed by atoms with Gasteiger partial charge < -0.3 is 10.6 Å². The fraction of sp³-hybridized carbons (Fsp3) is 0.350. The maximum absolute atomic E-state index is 12.6. The highest BCUT2D eigenvalue weighted by Crippen LogP contribution is 2.28. The first-order valence-corrected chi connectivity index (χ1v) is 8.77. The third-order valence-electron chi connectivity index (χ3n) is 4.51. The van der Waals surface area contributed by atoms with Gasteiger partial charge in [0.05, 0.1) is 12.2 Å². The summed E-state index contributed by atoms with van der Waals surface area (Å²) in [6.07, 6.45) is 8.08. The fourth-order valence-electron chi connectivity index (χ4n) is 3.23. The number of carbonyl (C=O) groups excluding carboxylic acids is 2. The Morgan fingerprint density at radius 3 is 2.85 bits per heavy atom. The van der Waals surface area contributed by atoms with Gasteiger partial charge in [-0.2, -0.15) is 5.10 Å². The molecule has 0 aliphatic heterocycles. The van der Waals surface area contributed by atoms with Crippen molar-refractivity contribution < 1.29 is 9.59 Å². The third-order valence-corrected chi connectivity index (χ3v) is 4.51. The Kier molecular flexibility index (Phi) is 5.37. The number of hydrogen-bond donors (Lipinski definition) is 2. The van der Waals surface area contributed by atoms with Crippen LogP contribution in [0.2, 0.25) is 0 Å². The molecule has 0 bridgehead atoms. The maximum Gasteiger partial charge on any atom is 0.272 e. The van der Waals surface area contributed by atoms with E-state index in [2.05, 4.69) is 21.7 Å². The molecule has 1 aromatic heterocycles. The predicted molar refractivity (Wildman–Crippen MR) is 99.1 cm³/mol. The van der Waals surface area contributed by atoms with Gasteiger partial charge in [-0.05, 0) is 37.8 Å². The van der Waals surface area contributed by atoms with Gasteiger partial charge in [-0.25, -0.2) is 4.68 Å². The first-order valence-electron chi connectivity index (χ1n) is 8.77. The van der Waals surface area contributed by atoms with Crippen molar-refractivity contribution in [1.29, 1.82) is 0 Å². The molecule has 1 aliphatic rings. The lowest BCUT2D eigenvalue weighted by Gasteiger charge is -2.08. The third kappa shape index (κ3) is 3.62. The molecule has 0 spiro atoms. The highest BCUT2D eigenvalue weighted by atomic mass is 16.2. The number of hydrogen-bond acceptors (Lipinski definition) is 3. The summed E-state index contributed by atoms with van der Waals surface area (Å²) in [4.78, 5) is 24.1. The second-order valence-corrected chi connectivity index (χ2v) is 6.31. The van der Waals surface area contributed by atoms with Crippen LogP contribution in [0.25, 0.3) is 5.69 Å². The maximum atomic E-state index is 12.6. The monoisotopic (exact) mass is 350 g/mol. The number of aryl methyl sites for hydroxylation is 1. The number of nitrogens with one attached hydrogen (secondary N) is 2. The van der Waals surface area contributed by atoms with Crippen LogP contribution in [0.5, 0.6) is 0 Å². The number of rotatable bonds is 6. The Bertz CT molecular complexity index is 876. The van der Waals surface area contributed by atoms with Crippen molar-refractivity contribution in [3.63, 3.8) is 0 Å². The minimum absolute atomic E-state index is 0.182. The van der Waals surface area contributed by atoms with E-state index in [0.717, 1.165) is 41.8 Å². The predicted octanol–water partition coefficient (Wildman–Crippen LogP) is 1.54. The van der Waals surface area contributed by atoms with E-state index in [9.17, 15) is 9.59 Å². The molecule has 2 amide bonds. The molecule has 2 N–H and O–H groups in total. The summed E-state index contributed by atoms with van der Waals surface area (Å²) in [6, 6.07) is 8.01. The zero-order valence-corrected chi connectivity index (χ0v) is 14.8. The summed E-state index contributed by atoms with van der Waals surface area (Å²) in [7, 11) is 0. The average molecular weight is 350 g/mol. The van der Waals surface area contributed by atoms with E-state index < -0.39 is 0 Å². The Hall–Kier alpha value is -3.07. The lowest BCUT2D eigenvalue weighted by Crippen LogP contribution is -2.31. The summed E-state index contributed by atoms with van der Waals surface area (Å²) in [6.45, 7) is 2.48. The van der Waals surface area contributed by atoms with Crippen molar-refractivity contribution >= 4 is 11.8 Å². The molecule has 6 nitrogen and oxygen atoms in total. The number of aromatic nitrogens is 2. The molecule has 0 radical (unpaired) electrons. The quantitative estimate of drug-likeness (QED) is 0.776. The van der Waals surface area contributed by atoms with Gasteiger partial charge in [0.15, 0.2) is 5.69 Å². The van der Waals surface area contributed by atoms with E-state index in [1.807, 2.05) is 35.9 Å². The summed E-state index contributed by atoms with van der Waals surface area (Å²) < 4.78 is 1.90. The number of terminal acetylenes is 1. The van der Waals surface area contributed by atoms with Gasteiger partial charge in [-0.3, -0.25) is 9.59 Å². The van der Waals surface area contributed by atoms with Crippen molar-refractivity contribution in [2.45, 2.75) is 32.6 Å². The lowest BCUT2D eigenvalue weighted by atomic mass is 10.2. The first-order chi connectivity index (χ1) is 12.6. The molecule has 6 heteroatoms. The van der Waals surface area contributed by atoms with Crippen molar-refractivity contribution in [3.8, 4) is 18.0 Å². The number of para-hydroxylation sites is 1. The van der Waals surface area contributed by atoms with Gasteiger partial charge in [0.1, 0.15) is 0 Å². The van der Waals surface area contributed by atoms with Gasteiger partial charge in [-0.1, -0.05) is 24.1 Å². The van der Waals surface area contributed by atoms with E-state index in [4.69, 9.17) is 6.42 Å². The van der Waals surface area contributed by atoms with Crippen LogP contribution >= 0.6 is 0 Å². The largest absolute Gasteiger partial charge is 0.350 e. The summed E-state index contributed by atoms with van der Waals surface area (Å²) in [5.41, 5.74) is 4.70. The molecular formula is C20H22N4O2. The van der Waals surface area contributed by atoms with E-state index >= 15 is 0 Å². The number of benzene rings is 1. The molecule has 26 heavy (non-hydrogen) atoms. The molecule has 0 atom stereocenters. The molecule has 0 saturated carbocycles. The minimum Gasteiger partial charge on any atom is -0.350 e. The number of carbonyl (C=O) groups is 2. The first kappa shape index (κ1) is 17.7. The second kappa shape index (κ2) is 7.87. The average Bonchev–Trinajstić information content (AvgIpc) is 3.23. The normalized spacial score (nSPS) is 12.3. The summed E-state index contributed by atoms with van der Waals surface area (Å²) >= 11 is 0. The van der Waals surface area contributed by atoms with Crippen molar-refractivity contribution in [3.05, 3.63) is 46.8 Å². The van der Waals surface area contributed by atoms with Crippen LogP contribution in [-0.2, 0) is 17.6 Å².